The summed E-state index contributed by atoms with van der Waals surface area (Å²) in [5, 5.41) is 13.6. The highest BCUT2D eigenvalue weighted by Gasteiger charge is 2.37. The minimum atomic E-state index is -0.501. The first-order chi connectivity index (χ1) is 10.6. The van der Waals surface area contributed by atoms with Gasteiger partial charge in [0.15, 0.2) is 0 Å². The van der Waals surface area contributed by atoms with Gasteiger partial charge in [0.2, 0.25) is 0 Å². The predicted octanol–water partition coefficient (Wildman–Crippen LogP) is 0.893. The summed E-state index contributed by atoms with van der Waals surface area (Å²) >= 11 is 0. The largest absolute Gasteiger partial charge is 0.389 e. The molecule has 2 N–H and O–H groups in total. The Balaban J connectivity index is 1.65. The molecule has 0 radical (unpaired) electrons. The van der Waals surface area contributed by atoms with Gasteiger partial charge in [0.05, 0.1) is 12.1 Å². The zero-order chi connectivity index (χ0) is 15.5. The van der Waals surface area contributed by atoms with Gasteiger partial charge in [-0.15, -0.1) is 0 Å². The molecule has 1 aliphatic carbocycles. The van der Waals surface area contributed by atoms with Crippen molar-refractivity contribution < 1.29 is 9.90 Å². The van der Waals surface area contributed by atoms with Gasteiger partial charge >= 0.3 is 0 Å². The molecule has 1 aromatic heterocycles. The lowest BCUT2D eigenvalue weighted by Gasteiger charge is -2.40. The van der Waals surface area contributed by atoms with E-state index in [2.05, 4.69) is 20.2 Å². The van der Waals surface area contributed by atoms with E-state index < -0.39 is 6.10 Å². The lowest BCUT2D eigenvalue weighted by molar-refractivity contribution is 0.00697. The fourth-order valence-electron chi connectivity index (χ4n) is 3.61. The van der Waals surface area contributed by atoms with Crippen molar-refractivity contribution in [2.45, 2.75) is 57.2 Å². The molecule has 2 fully saturated rings. The number of aliphatic hydroxyl groups is 1. The number of nitrogens with zero attached hydrogens (tertiary/aromatic N) is 3. The topological polar surface area (TPSA) is 78.4 Å². The molecule has 22 heavy (non-hydrogen) atoms. The smallest absolute Gasteiger partial charge is 0.270 e. The first-order valence-corrected chi connectivity index (χ1v) is 8.18. The average Bonchev–Trinajstić information content (AvgIpc) is 3.03. The van der Waals surface area contributed by atoms with Crippen LogP contribution in [0, 0.1) is 6.92 Å². The summed E-state index contributed by atoms with van der Waals surface area (Å²) in [4.78, 5) is 22.8. The molecular formula is C16H24N4O2. The van der Waals surface area contributed by atoms with E-state index >= 15 is 0 Å². The minimum Gasteiger partial charge on any atom is -0.389 e. The summed E-state index contributed by atoms with van der Waals surface area (Å²) in [6, 6.07) is 1.59. The fraction of sp³-hybridized carbons (Fsp3) is 0.688. The van der Waals surface area contributed by atoms with Gasteiger partial charge in [-0.1, -0.05) is 0 Å². The average molecular weight is 304 g/mol. The molecule has 1 saturated heterocycles. The Morgan fingerprint density at radius 3 is 2.82 bits per heavy atom. The second-order valence-electron chi connectivity index (χ2n) is 6.30. The highest BCUT2D eigenvalue weighted by atomic mass is 16.3. The lowest BCUT2D eigenvalue weighted by Crippen LogP contribution is -2.56. The van der Waals surface area contributed by atoms with Crippen LogP contribution in [0.3, 0.4) is 0 Å². The van der Waals surface area contributed by atoms with E-state index in [1.54, 1.807) is 19.2 Å². The maximum Gasteiger partial charge on any atom is 0.270 e. The number of likely N-dealkylation sites (tertiary alicyclic amines) is 1. The highest BCUT2D eigenvalue weighted by Crippen LogP contribution is 2.26. The Bertz CT molecular complexity index is 531. The van der Waals surface area contributed by atoms with Crippen LogP contribution in [0.4, 0.5) is 0 Å². The number of amides is 1. The number of hydrogen-bond acceptors (Lipinski definition) is 5. The van der Waals surface area contributed by atoms with Crippen LogP contribution < -0.4 is 5.32 Å². The monoisotopic (exact) mass is 304 g/mol. The summed E-state index contributed by atoms with van der Waals surface area (Å²) in [6.07, 6.45) is 6.37. The number of nitrogens with one attached hydrogen (secondary N) is 1. The second kappa shape index (κ2) is 6.71. The van der Waals surface area contributed by atoms with Gasteiger partial charge in [0, 0.05) is 12.2 Å². The van der Waals surface area contributed by atoms with Crippen LogP contribution in [0.25, 0.3) is 0 Å². The Labute approximate surface area is 131 Å². The summed E-state index contributed by atoms with van der Waals surface area (Å²) in [5.41, 5.74) is 0.364. The normalized spacial score (nSPS) is 29.5. The molecule has 1 saturated carbocycles. The number of carbonyl (C=O) groups excluding carboxylic acids is 1. The van der Waals surface area contributed by atoms with E-state index in [0.717, 1.165) is 32.4 Å². The second-order valence-corrected chi connectivity index (χ2v) is 6.30. The molecule has 0 bridgehead atoms. The number of aromatic nitrogens is 2. The fourth-order valence-corrected chi connectivity index (χ4v) is 3.61. The Hall–Kier alpha value is -1.53. The van der Waals surface area contributed by atoms with Crippen LogP contribution in [0.15, 0.2) is 12.3 Å². The van der Waals surface area contributed by atoms with E-state index in [1.165, 1.54) is 12.8 Å². The molecule has 6 nitrogen and oxygen atoms in total. The molecule has 3 atom stereocenters. The van der Waals surface area contributed by atoms with E-state index in [4.69, 9.17) is 0 Å². The predicted molar refractivity (Wildman–Crippen MR) is 82.5 cm³/mol. The van der Waals surface area contributed by atoms with Crippen molar-refractivity contribution >= 4 is 5.91 Å². The van der Waals surface area contributed by atoms with Crippen LogP contribution in [-0.2, 0) is 0 Å². The van der Waals surface area contributed by atoms with Gasteiger partial charge in [0.25, 0.3) is 5.91 Å². The summed E-state index contributed by atoms with van der Waals surface area (Å²) < 4.78 is 0. The van der Waals surface area contributed by atoms with Crippen molar-refractivity contribution in [1.29, 1.82) is 0 Å². The quantitative estimate of drug-likeness (QED) is 0.867. The van der Waals surface area contributed by atoms with Crippen LogP contribution in [0.2, 0.25) is 0 Å². The van der Waals surface area contributed by atoms with E-state index in [1.807, 2.05) is 0 Å². The van der Waals surface area contributed by atoms with Crippen LogP contribution >= 0.6 is 0 Å². The Morgan fingerprint density at radius 2 is 2.09 bits per heavy atom. The molecule has 6 heteroatoms. The van der Waals surface area contributed by atoms with Crippen molar-refractivity contribution in [3.63, 3.8) is 0 Å². The Morgan fingerprint density at radius 1 is 1.32 bits per heavy atom. The molecular weight excluding hydrogens is 280 g/mol. The maximum atomic E-state index is 12.3. The standard InChI is InChI=1S/C16H24N4O2/c1-11-17-8-7-13(18-11)16(22)19-12-5-4-6-14(15(12)21)20-9-2-3-10-20/h7-8,12,14-15,21H,2-6,9-10H2,1H3,(H,19,22)/t12-,14-,15-/m1/s1. The van der Waals surface area contributed by atoms with Gasteiger partial charge in [-0.05, 0) is 58.2 Å². The zero-order valence-corrected chi connectivity index (χ0v) is 13.0. The third-order valence-electron chi connectivity index (χ3n) is 4.76. The van der Waals surface area contributed by atoms with Gasteiger partial charge in [-0.3, -0.25) is 9.69 Å². The lowest BCUT2D eigenvalue weighted by atomic mass is 9.87. The van der Waals surface area contributed by atoms with Crippen molar-refractivity contribution in [3.05, 3.63) is 23.8 Å². The SMILES string of the molecule is Cc1nccc(C(=O)N[C@@H]2CCC[C@@H](N3CCCC3)[C@@H]2O)n1. The van der Waals surface area contributed by atoms with E-state index in [-0.39, 0.29) is 18.0 Å². The molecule has 3 rings (SSSR count). The molecule has 1 aliphatic heterocycles. The van der Waals surface area contributed by atoms with Gasteiger partial charge in [-0.25, -0.2) is 9.97 Å². The van der Waals surface area contributed by atoms with Crippen molar-refractivity contribution in [3.8, 4) is 0 Å². The number of carbonyl (C=O) groups is 1. The Kier molecular flexibility index (Phi) is 4.69. The number of rotatable bonds is 3. The summed E-state index contributed by atoms with van der Waals surface area (Å²) in [6.45, 7) is 3.89. The summed E-state index contributed by atoms with van der Waals surface area (Å²) in [7, 11) is 0. The molecule has 1 aromatic rings. The first kappa shape index (κ1) is 15.4. The minimum absolute atomic E-state index is 0.175. The van der Waals surface area contributed by atoms with Gasteiger partial charge in [-0.2, -0.15) is 0 Å². The van der Waals surface area contributed by atoms with Gasteiger partial charge in [0.1, 0.15) is 11.5 Å². The molecule has 0 spiro atoms. The first-order valence-electron chi connectivity index (χ1n) is 8.18. The molecule has 2 aliphatic rings. The molecule has 1 amide bonds. The molecule has 2 heterocycles. The number of aliphatic hydroxyl groups excluding tert-OH is 1. The highest BCUT2D eigenvalue weighted by molar-refractivity contribution is 5.92. The molecule has 120 valence electrons. The van der Waals surface area contributed by atoms with Crippen LogP contribution in [0.1, 0.15) is 48.4 Å². The van der Waals surface area contributed by atoms with Gasteiger partial charge < -0.3 is 10.4 Å². The van der Waals surface area contributed by atoms with Crippen molar-refractivity contribution in [2.75, 3.05) is 13.1 Å². The number of hydrogen-bond donors (Lipinski definition) is 2. The van der Waals surface area contributed by atoms with E-state index in [9.17, 15) is 9.90 Å². The van der Waals surface area contributed by atoms with Crippen LogP contribution in [0.5, 0.6) is 0 Å². The number of aryl methyl sites for hydroxylation is 1. The van der Waals surface area contributed by atoms with E-state index in [0.29, 0.717) is 11.5 Å². The summed E-state index contributed by atoms with van der Waals surface area (Å²) in [5.74, 6) is 0.350. The zero-order valence-electron chi connectivity index (χ0n) is 13.0. The molecule has 0 aromatic carbocycles. The third kappa shape index (κ3) is 3.28. The van der Waals surface area contributed by atoms with Crippen LogP contribution in [-0.4, -0.2) is 57.2 Å². The van der Waals surface area contributed by atoms with Crippen molar-refractivity contribution in [1.82, 2.24) is 20.2 Å². The molecule has 0 unspecified atom stereocenters. The maximum absolute atomic E-state index is 12.3. The van der Waals surface area contributed by atoms with Crippen molar-refractivity contribution in [2.24, 2.45) is 0 Å². The third-order valence-corrected chi connectivity index (χ3v) is 4.76.